The fourth-order valence-corrected chi connectivity index (χ4v) is 2.13. The Morgan fingerprint density at radius 3 is 2.69 bits per heavy atom. The molecule has 0 atom stereocenters. The number of aromatic hydroxyl groups is 1. The van der Waals surface area contributed by atoms with Gasteiger partial charge in [-0.25, -0.2) is 10.4 Å². The summed E-state index contributed by atoms with van der Waals surface area (Å²) in [6.45, 7) is -0.176. The number of carbonyl (C=O) groups is 1. The average Bonchev–Trinajstić information content (AvgIpc) is 2.60. The van der Waals surface area contributed by atoms with Gasteiger partial charge in [-0.2, -0.15) is 13.2 Å². The van der Waals surface area contributed by atoms with Gasteiger partial charge in [0.15, 0.2) is 0 Å². The monoisotopic (exact) mass is 368 g/mol. The van der Waals surface area contributed by atoms with Gasteiger partial charge in [0, 0.05) is 12.6 Å². The predicted molar refractivity (Wildman–Crippen MR) is 86.3 cm³/mol. The first kappa shape index (κ1) is 19.0. The molecule has 0 aliphatic rings. The van der Waals surface area contributed by atoms with E-state index in [1.165, 1.54) is 5.01 Å². The van der Waals surface area contributed by atoms with E-state index in [0.29, 0.717) is 23.7 Å². The van der Waals surface area contributed by atoms with Gasteiger partial charge in [0.05, 0.1) is 5.69 Å². The zero-order valence-corrected chi connectivity index (χ0v) is 13.6. The minimum atomic E-state index is -4.67. The second kappa shape index (κ2) is 8.19. The Kier molecular flexibility index (Phi) is 5.99. The highest BCUT2D eigenvalue weighted by Crippen LogP contribution is 2.38. The van der Waals surface area contributed by atoms with Crippen LogP contribution in [0.1, 0.15) is 11.1 Å². The molecule has 1 amide bonds. The Labute approximate surface area is 146 Å². The number of anilines is 1. The molecule has 0 spiro atoms. The molecule has 10 heteroatoms. The molecule has 0 aliphatic carbocycles. The SMILES string of the molecule is CN(/N=N\NC=O)c1ccccc1COc1ccc(O)cc1C(F)(F)F. The maximum Gasteiger partial charge on any atom is 0.420 e. The zero-order chi connectivity index (χ0) is 19.2. The van der Waals surface area contributed by atoms with E-state index in [-0.39, 0.29) is 6.61 Å². The highest BCUT2D eigenvalue weighted by molar-refractivity contribution is 5.52. The van der Waals surface area contributed by atoms with Gasteiger partial charge in [-0.05, 0) is 34.7 Å². The Balaban J connectivity index is 2.22. The van der Waals surface area contributed by atoms with E-state index in [1.54, 1.807) is 31.3 Å². The van der Waals surface area contributed by atoms with Gasteiger partial charge < -0.3 is 9.84 Å². The molecule has 0 bridgehead atoms. The minimum Gasteiger partial charge on any atom is -0.508 e. The number of hydrogen-bond acceptors (Lipinski definition) is 5. The topological polar surface area (TPSA) is 86.5 Å². The Hall–Kier alpha value is -3.30. The lowest BCUT2D eigenvalue weighted by atomic mass is 10.1. The van der Waals surface area contributed by atoms with Crippen molar-refractivity contribution in [1.29, 1.82) is 0 Å². The summed E-state index contributed by atoms with van der Waals surface area (Å²) in [5.74, 6) is -0.912. The Morgan fingerprint density at radius 1 is 1.27 bits per heavy atom. The molecule has 0 saturated heterocycles. The van der Waals surface area contributed by atoms with Crippen LogP contribution < -0.4 is 15.2 Å². The van der Waals surface area contributed by atoms with E-state index < -0.39 is 23.2 Å². The third-order valence-electron chi connectivity index (χ3n) is 3.28. The van der Waals surface area contributed by atoms with Crippen LogP contribution in [0.4, 0.5) is 18.9 Å². The van der Waals surface area contributed by atoms with Crippen molar-refractivity contribution in [3.63, 3.8) is 0 Å². The van der Waals surface area contributed by atoms with Gasteiger partial charge in [0.1, 0.15) is 23.7 Å². The standard InChI is InChI=1S/C16H15F3N4O3/c1-23(22-21-20-10-24)14-5-3-2-4-11(14)9-26-15-7-6-12(25)8-13(15)16(17,18)19/h2-8,10,25H,9H2,1H3,(H,20,22,24). The molecular formula is C16H15F3N4O3. The summed E-state index contributed by atoms with van der Waals surface area (Å²) in [4.78, 5) is 10.2. The number of rotatable bonds is 7. The molecule has 2 aromatic carbocycles. The van der Waals surface area contributed by atoms with Crippen molar-refractivity contribution >= 4 is 12.1 Å². The van der Waals surface area contributed by atoms with Crippen molar-refractivity contribution in [1.82, 2.24) is 5.43 Å². The number of hydrogen-bond donors (Lipinski definition) is 2. The van der Waals surface area contributed by atoms with Crippen molar-refractivity contribution < 1.29 is 27.8 Å². The number of nitrogens with one attached hydrogen (secondary N) is 1. The summed E-state index contributed by atoms with van der Waals surface area (Å²) < 4.78 is 44.5. The summed E-state index contributed by atoms with van der Waals surface area (Å²) in [5, 5.41) is 17.7. The minimum absolute atomic E-state index is 0.176. The van der Waals surface area contributed by atoms with E-state index >= 15 is 0 Å². The van der Waals surface area contributed by atoms with Gasteiger partial charge in [-0.15, -0.1) is 0 Å². The highest BCUT2D eigenvalue weighted by Gasteiger charge is 2.34. The Bertz CT molecular complexity index is 797. The number of amides is 1. The molecule has 0 unspecified atom stereocenters. The smallest absolute Gasteiger partial charge is 0.420 e. The molecule has 7 nitrogen and oxygen atoms in total. The first-order valence-electron chi connectivity index (χ1n) is 7.27. The fraction of sp³-hybridized carbons (Fsp3) is 0.188. The molecule has 0 aromatic heterocycles. The number of carbonyl (C=O) groups excluding carboxylic acids is 1. The zero-order valence-electron chi connectivity index (χ0n) is 13.6. The van der Waals surface area contributed by atoms with Crippen LogP contribution in [0.5, 0.6) is 11.5 Å². The number of nitrogens with zero attached hydrogens (tertiary/aromatic N) is 3. The molecule has 2 rings (SSSR count). The molecule has 2 aromatic rings. The van der Waals surface area contributed by atoms with Crippen LogP contribution in [0, 0.1) is 0 Å². The van der Waals surface area contributed by atoms with E-state index in [2.05, 4.69) is 10.4 Å². The third-order valence-corrected chi connectivity index (χ3v) is 3.28. The van der Waals surface area contributed by atoms with Crippen LogP contribution in [0.3, 0.4) is 0 Å². The lowest BCUT2D eigenvalue weighted by molar-refractivity contribution is -0.139. The van der Waals surface area contributed by atoms with Gasteiger partial charge in [-0.1, -0.05) is 18.2 Å². The van der Waals surface area contributed by atoms with E-state index in [4.69, 9.17) is 4.74 Å². The van der Waals surface area contributed by atoms with Gasteiger partial charge in [0.2, 0.25) is 6.41 Å². The average molecular weight is 368 g/mol. The number of benzene rings is 2. The van der Waals surface area contributed by atoms with E-state index in [1.807, 2.05) is 5.43 Å². The molecule has 0 radical (unpaired) electrons. The van der Waals surface area contributed by atoms with Crippen LogP contribution in [-0.4, -0.2) is 18.6 Å². The van der Waals surface area contributed by atoms with Gasteiger partial charge in [0.25, 0.3) is 0 Å². The fourth-order valence-electron chi connectivity index (χ4n) is 2.13. The van der Waals surface area contributed by atoms with Gasteiger partial charge in [-0.3, -0.25) is 4.79 Å². The molecule has 0 heterocycles. The molecule has 2 N–H and O–H groups in total. The van der Waals surface area contributed by atoms with Gasteiger partial charge >= 0.3 is 6.18 Å². The van der Waals surface area contributed by atoms with Crippen molar-refractivity contribution in [3.05, 3.63) is 53.6 Å². The molecule has 0 fully saturated rings. The predicted octanol–water partition coefficient (Wildman–Crippen LogP) is 3.45. The van der Waals surface area contributed by atoms with E-state index in [9.17, 15) is 23.1 Å². The van der Waals surface area contributed by atoms with Crippen molar-refractivity contribution in [3.8, 4) is 11.5 Å². The number of phenols is 1. The first-order valence-corrected chi connectivity index (χ1v) is 7.27. The van der Waals surface area contributed by atoms with Crippen molar-refractivity contribution in [2.75, 3.05) is 12.1 Å². The number of ether oxygens (including phenoxy) is 1. The van der Waals surface area contributed by atoms with Crippen LogP contribution >= 0.6 is 0 Å². The third kappa shape index (κ3) is 4.85. The maximum absolute atomic E-state index is 13.1. The number of phenolic OH excluding ortho intramolecular Hbond substituents is 1. The molecule has 0 saturated carbocycles. The Morgan fingerprint density at radius 2 is 2.00 bits per heavy atom. The largest absolute Gasteiger partial charge is 0.508 e. The second-order valence-corrected chi connectivity index (χ2v) is 5.06. The van der Waals surface area contributed by atoms with Crippen LogP contribution in [-0.2, 0) is 17.6 Å². The van der Waals surface area contributed by atoms with Crippen LogP contribution in [0.15, 0.2) is 52.9 Å². The van der Waals surface area contributed by atoms with E-state index in [0.717, 1.165) is 12.1 Å². The summed E-state index contributed by atoms with van der Waals surface area (Å²) in [6.07, 6.45) is -4.32. The summed E-state index contributed by atoms with van der Waals surface area (Å²) >= 11 is 0. The normalized spacial score (nSPS) is 11.4. The van der Waals surface area contributed by atoms with Crippen molar-refractivity contribution in [2.24, 2.45) is 10.4 Å². The summed E-state index contributed by atoms with van der Waals surface area (Å²) in [7, 11) is 1.55. The maximum atomic E-state index is 13.1. The lowest BCUT2D eigenvalue weighted by Gasteiger charge is -2.18. The van der Waals surface area contributed by atoms with Crippen LogP contribution in [0.2, 0.25) is 0 Å². The first-order chi connectivity index (χ1) is 12.3. The second-order valence-electron chi connectivity index (χ2n) is 5.06. The molecular weight excluding hydrogens is 353 g/mol. The summed E-state index contributed by atoms with van der Waals surface area (Å²) in [5.41, 5.74) is 2.01. The highest BCUT2D eigenvalue weighted by atomic mass is 19.4. The number of halogens is 3. The number of para-hydroxylation sites is 1. The molecule has 138 valence electrons. The lowest BCUT2D eigenvalue weighted by Crippen LogP contribution is -2.14. The summed E-state index contributed by atoms with van der Waals surface area (Å²) in [6, 6.07) is 9.49. The van der Waals surface area contributed by atoms with Crippen LogP contribution in [0.25, 0.3) is 0 Å². The number of alkyl halides is 3. The van der Waals surface area contributed by atoms with Crippen molar-refractivity contribution in [2.45, 2.75) is 12.8 Å². The molecule has 0 aliphatic heterocycles. The molecule has 26 heavy (non-hydrogen) atoms. The quantitative estimate of drug-likeness (QED) is 0.445.